The molecule has 1 aliphatic rings. The molecule has 2 aromatic rings. The lowest BCUT2D eigenvalue weighted by Gasteiger charge is -2.12. The highest BCUT2D eigenvalue weighted by Gasteiger charge is 2.18. The number of hydrogen-bond acceptors (Lipinski definition) is 5. The molecule has 2 amide bonds. The Morgan fingerprint density at radius 1 is 1.07 bits per heavy atom. The lowest BCUT2D eigenvalue weighted by atomic mass is 10.1. The van der Waals surface area contributed by atoms with E-state index in [9.17, 15) is 9.59 Å². The van der Waals surface area contributed by atoms with Gasteiger partial charge in [-0.05, 0) is 36.6 Å². The molecule has 0 saturated carbocycles. The standard InChI is InChI=1S/C20H23N3O4/c1-11(2)6-19(24)22-15-5-4-13(7-12(15)3)20(25)23-16-9-18-17(8-14(16)21)26-10-27-18/h4-5,7-9,11H,6,10,21H2,1-3H3,(H,22,24)(H,23,25). The highest BCUT2D eigenvalue weighted by Crippen LogP contribution is 2.38. The summed E-state index contributed by atoms with van der Waals surface area (Å²) in [5.74, 6) is 1.03. The zero-order valence-corrected chi connectivity index (χ0v) is 15.6. The van der Waals surface area contributed by atoms with Gasteiger partial charge >= 0.3 is 0 Å². The van der Waals surface area contributed by atoms with E-state index < -0.39 is 0 Å². The fourth-order valence-corrected chi connectivity index (χ4v) is 2.78. The Labute approximate surface area is 157 Å². The molecular formula is C20H23N3O4. The number of nitrogens with one attached hydrogen (secondary N) is 2. The maximum absolute atomic E-state index is 12.6. The summed E-state index contributed by atoms with van der Waals surface area (Å²) >= 11 is 0. The molecule has 142 valence electrons. The van der Waals surface area contributed by atoms with Crippen molar-refractivity contribution in [3.05, 3.63) is 41.5 Å². The van der Waals surface area contributed by atoms with Crippen molar-refractivity contribution in [2.45, 2.75) is 27.2 Å². The van der Waals surface area contributed by atoms with Crippen molar-refractivity contribution in [2.24, 2.45) is 5.92 Å². The number of amides is 2. The van der Waals surface area contributed by atoms with Crippen LogP contribution in [-0.4, -0.2) is 18.6 Å². The molecule has 0 aromatic heterocycles. The number of nitrogens with two attached hydrogens (primary N) is 1. The van der Waals surface area contributed by atoms with Gasteiger partial charge in [0.05, 0.1) is 11.4 Å². The monoisotopic (exact) mass is 369 g/mol. The van der Waals surface area contributed by atoms with Gasteiger partial charge in [-0.1, -0.05) is 13.8 Å². The Hall–Kier alpha value is -3.22. The molecule has 3 rings (SSSR count). The zero-order chi connectivity index (χ0) is 19.6. The van der Waals surface area contributed by atoms with Crippen molar-refractivity contribution in [3.63, 3.8) is 0 Å². The first-order valence-electron chi connectivity index (χ1n) is 8.74. The van der Waals surface area contributed by atoms with E-state index in [4.69, 9.17) is 15.2 Å². The van der Waals surface area contributed by atoms with Gasteiger partial charge in [-0.15, -0.1) is 0 Å². The highest BCUT2D eigenvalue weighted by atomic mass is 16.7. The third-order valence-corrected chi connectivity index (χ3v) is 4.15. The Morgan fingerprint density at radius 2 is 1.78 bits per heavy atom. The summed E-state index contributed by atoms with van der Waals surface area (Å²) in [7, 11) is 0. The first kappa shape index (κ1) is 18.6. The summed E-state index contributed by atoms with van der Waals surface area (Å²) in [6.45, 7) is 5.95. The predicted molar refractivity (Wildman–Crippen MR) is 104 cm³/mol. The van der Waals surface area contributed by atoms with Gasteiger partial charge in [0.1, 0.15) is 0 Å². The summed E-state index contributed by atoms with van der Waals surface area (Å²) in [5.41, 5.74) is 8.78. The molecule has 1 heterocycles. The number of ether oxygens (including phenoxy) is 2. The van der Waals surface area contributed by atoms with Gasteiger partial charge in [0.25, 0.3) is 5.91 Å². The number of aryl methyl sites for hydroxylation is 1. The van der Waals surface area contributed by atoms with E-state index in [0.717, 1.165) is 5.56 Å². The first-order chi connectivity index (χ1) is 12.8. The van der Waals surface area contributed by atoms with Crippen molar-refractivity contribution < 1.29 is 19.1 Å². The predicted octanol–water partition coefficient (Wildman–Crippen LogP) is 3.54. The molecule has 1 aliphatic heterocycles. The molecule has 0 spiro atoms. The van der Waals surface area contributed by atoms with Crippen LogP contribution in [0.4, 0.5) is 17.1 Å². The second-order valence-electron chi connectivity index (χ2n) is 6.92. The Balaban J connectivity index is 1.72. The minimum atomic E-state index is -0.302. The number of carbonyl (C=O) groups excluding carboxylic acids is 2. The fraction of sp³-hybridized carbons (Fsp3) is 0.300. The van der Waals surface area contributed by atoms with E-state index in [1.54, 1.807) is 30.3 Å². The second kappa shape index (κ2) is 7.57. The third-order valence-electron chi connectivity index (χ3n) is 4.15. The maximum atomic E-state index is 12.6. The van der Waals surface area contributed by atoms with Crippen molar-refractivity contribution in [1.82, 2.24) is 0 Å². The molecule has 0 unspecified atom stereocenters. The van der Waals surface area contributed by atoms with E-state index in [-0.39, 0.29) is 24.5 Å². The number of anilines is 3. The summed E-state index contributed by atoms with van der Waals surface area (Å²) in [6, 6.07) is 8.38. The van der Waals surface area contributed by atoms with Crippen molar-refractivity contribution >= 4 is 28.9 Å². The van der Waals surface area contributed by atoms with Gasteiger partial charge in [-0.25, -0.2) is 0 Å². The van der Waals surface area contributed by atoms with E-state index in [1.165, 1.54) is 0 Å². The van der Waals surface area contributed by atoms with Gasteiger partial charge in [-0.3, -0.25) is 9.59 Å². The van der Waals surface area contributed by atoms with Crippen LogP contribution in [0.25, 0.3) is 0 Å². The van der Waals surface area contributed by atoms with E-state index >= 15 is 0 Å². The van der Waals surface area contributed by atoms with Crippen LogP contribution >= 0.6 is 0 Å². The average molecular weight is 369 g/mol. The number of benzene rings is 2. The molecule has 27 heavy (non-hydrogen) atoms. The minimum absolute atomic E-state index is 0.0431. The molecule has 7 heteroatoms. The summed E-state index contributed by atoms with van der Waals surface area (Å²) in [6.07, 6.45) is 0.449. The second-order valence-corrected chi connectivity index (χ2v) is 6.92. The summed E-state index contributed by atoms with van der Waals surface area (Å²) < 4.78 is 10.6. The van der Waals surface area contributed by atoms with Gasteiger partial charge in [0, 0.05) is 29.8 Å². The fourth-order valence-electron chi connectivity index (χ4n) is 2.78. The van der Waals surface area contributed by atoms with E-state index in [2.05, 4.69) is 10.6 Å². The topological polar surface area (TPSA) is 103 Å². The Bertz CT molecular complexity index is 893. The molecule has 0 bridgehead atoms. The first-order valence-corrected chi connectivity index (χ1v) is 8.74. The van der Waals surface area contributed by atoms with Crippen LogP contribution in [-0.2, 0) is 4.79 Å². The quantitative estimate of drug-likeness (QED) is 0.700. The normalized spacial score (nSPS) is 12.1. The average Bonchev–Trinajstić information content (AvgIpc) is 3.03. The third kappa shape index (κ3) is 4.31. The molecule has 0 atom stereocenters. The van der Waals surface area contributed by atoms with Crippen molar-refractivity contribution in [1.29, 1.82) is 0 Å². The number of hydrogen-bond donors (Lipinski definition) is 3. The number of fused-ring (bicyclic) bond motifs is 1. The van der Waals surface area contributed by atoms with Crippen LogP contribution in [0.15, 0.2) is 30.3 Å². The van der Waals surface area contributed by atoms with Crippen LogP contribution in [0, 0.1) is 12.8 Å². The molecule has 2 aromatic carbocycles. The highest BCUT2D eigenvalue weighted by molar-refractivity contribution is 6.06. The van der Waals surface area contributed by atoms with Gasteiger partial charge in [-0.2, -0.15) is 0 Å². The van der Waals surface area contributed by atoms with Crippen LogP contribution in [0.5, 0.6) is 11.5 Å². The zero-order valence-electron chi connectivity index (χ0n) is 15.6. The minimum Gasteiger partial charge on any atom is -0.454 e. The lowest BCUT2D eigenvalue weighted by Crippen LogP contribution is -2.16. The van der Waals surface area contributed by atoms with Crippen LogP contribution < -0.4 is 25.8 Å². The summed E-state index contributed by atoms with van der Waals surface area (Å²) in [5, 5.41) is 5.66. The lowest BCUT2D eigenvalue weighted by molar-refractivity contribution is -0.116. The molecule has 0 aliphatic carbocycles. The molecule has 4 N–H and O–H groups in total. The van der Waals surface area contributed by atoms with Crippen molar-refractivity contribution in [2.75, 3.05) is 23.2 Å². The molecule has 0 radical (unpaired) electrons. The van der Waals surface area contributed by atoms with Gasteiger partial charge in [0.2, 0.25) is 12.7 Å². The molecule has 0 fully saturated rings. The van der Waals surface area contributed by atoms with Crippen LogP contribution in [0.2, 0.25) is 0 Å². The Morgan fingerprint density at radius 3 is 2.44 bits per heavy atom. The number of nitrogen functional groups attached to an aromatic ring is 1. The largest absolute Gasteiger partial charge is 0.454 e. The molecule has 7 nitrogen and oxygen atoms in total. The van der Waals surface area contributed by atoms with Crippen molar-refractivity contribution in [3.8, 4) is 11.5 Å². The molecule has 0 saturated heterocycles. The SMILES string of the molecule is Cc1cc(C(=O)Nc2cc3c(cc2N)OCO3)ccc1NC(=O)CC(C)C. The van der Waals surface area contributed by atoms with E-state index in [1.807, 2.05) is 20.8 Å². The van der Waals surface area contributed by atoms with Crippen LogP contribution in [0.1, 0.15) is 36.2 Å². The smallest absolute Gasteiger partial charge is 0.255 e. The van der Waals surface area contributed by atoms with Gasteiger partial charge < -0.3 is 25.8 Å². The Kier molecular flexibility index (Phi) is 5.21. The molecular weight excluding hydrogens is 346 g/mol. The number of rotatable bonds is 5. The van der Waals surface area contributed by atoms with Crippen LogP contribution in [0.3, 0.4) is 0 Å². The van der Waals surface area contributed by atoms with Gasteiger partial charge in [0.15, 0.2) is 11.5 Å². The maximum Gasteiger partial charge on any atom is 0.255 e. The summed E-state index contributed by atoms with van der Waals surface area (Å²) in [4.78, 5) is 24.5. The number of carbonyl (C=O) groups is 2. The van der Waals surface area contributed by atoms with E-state index in [0.29, 0.717) is 40.5 Å².